The largest absolute Gasteiger partial charge is 0.454 e. The number of rotatable bonds is 17. The summed E-state index contributed by atoms with van der Waals surface area (Å²) < 4.78 is 43.1. The Bertz CT molecular complexity index is 1380. The van der Waals surface area contributed by atoms with Crippen LogP contribution >= 0.6 is 0 Å². The molecule has 0 fully saturated rings. The van der Waals surface area contributed by atoms with Gasteiger partial charge in [-0.3, -0.25) is 20.3 Å². The lowest BCUT2D eigenvalue weighted by Gasteiger charge is -2.36. The normalized spacial score (nSPS) is 14.5. The number of fused-ring (bicyclic) bond motifs is 1. The van der Waals surface area contributed by atoms with E-state index in [9.17, 15) is 23.1 Å². The highest BCUT2D eigenvalue weighted by atomic mass is 32.2. The van der Waals surface area contributed by atoms with Crippen molar-refractivity contribution in [2.24, 2.45) is 5.92 Å². The standard InChI is InChI=1S/C31H42N4O8S/c1-5-6-12-30(38)35(34-29(37)20-32-15-16-41-4)25(17-23-10-8-7-9-11-23)26(36)19-33-31(22(2)3)44(39,40)24-13-14-27-28(18-24)43-21-42-27/h1,7-11,13-14,18,22,25-26,31-33,36H,6,12,15-17,19-21H2,2-4H3,(H,34,37)/t25-,26+,31?/m0/s1. The van der Waals surface area contributed by atoms with Crippen LogP contribution in [0.5, 0.6) is 11.5 Å². The van der Waals surface area contributed by atoms with Gasteiger partial charge in [-0.1, -0.05) is 44.2 Å². The molecule has 44 heavy (non-hydrogen) atoms. The number of nitrogens with zero attached hydrogens (tertiary/aromatic N) is 1. The SMILES string of the molecule is C#CCCC(=O)N(NC(=O)CNCCOC)[C@@H](Cc1ccccc1)[C@H](O)CNC(C(C)C)S(=O)(=O)c1ccc2c(c1)OCO2. The Labute approximate surface area is 259 Å². The average Bonchev–Trinajstić information content (AvgIpc) is 3.48. The summed E-state index contributed by atoms with van der Waals surface area (Å²) in [6.07, 6.45) is 4.35. The first-order valence-electron chi connectivity index (χ1n) is 14.4. The van der Waals surface area contributed by atoms with Gasteiger partial charge >= 0.3 is 0 Å². The van der Waals surface area contributed by atoms with Crippen LogP contribution < -0.4 is 25.5 Å². The number of terminal acetylenes is 1. The molecular weight excluding hydrogens is 588 g/mol. The van der Waals surface area contributed by atoms with Crippen LogP contribution in [-0.2, 0) is 30.6 Å². The highest BCUT2D eigenvalue weighted by Crippen LogP contribution is 2.35. The molecule has 0 saturated carbocycles. The Balaban J connectivity index is 1.86. The summed E-state index contributed by atoms with van der Waals surface area (Å²) in [5.74, 6) is 1.85. The van der Waals surface area contributed by atoms with E-state index in [0.717, 1.165) is 10.6 Å². The summed E-state index contributed by atoms with van der Waals surface area (Å²) in [6.45, 7) is 4.03. The number of methoxy groups -OCH3 is 1. The van der Waals surface area contributed by atoms with E-state index in [1.807, 2.05) is 30.3 Å². The zero-order valence-corrected chi connectivity index (χ0v) is 26.1. The van der Waals surface area contributed by atoms with E-state index >= 15 is 0 Å². The third kappa shape index (κ3) is 9.67. The second-order valence-corrected chi connectivity index (χ2v) is 12.7. The highest BCUT2D eigenvalue weighted by Gasteiger charge is 2.35. The van der Waals surface area contributed by atoms with E-state index in [4.69, 9.17) is 20.6 Å². The van der Waals surface area contributed by atoms with Gasteiger partial charge in [0.1, 0.15) is 5.37 Å². The Morgan fingerprint density at radius 2 is 1.86 bits per heavy atom. The van der Waals surface area contributed by atoms with Crippen LogP contribution in [0.15, 0.2) is 53.4 Å². The molecule has 1 aliphatic heterocycles. The summed E-state index contributed by atoms with van der Waals surface area (Å²) in [7, 11) is -2.39. The van der Waals surface area contributed by atoms with Gasteiger partial charge in [0.2, 0.25) is 12.7 Å². The number of sulfone groups is 1. The molecular formula is C31H42N4O8S. The predicted molar refractivity (Wildman–Crippen MR) is 164 cm³/mol. The number of hydrogen-bond acceptors (Lipinski definition) is 10. The first-order chi connectivity index (χ1) is 21.1. The van der Waals surface area contributed by atoms with Gasteiger partial charge in [0, 0.05) is 39.1 Å². The highest BCUT2D eigenvalue weighted by molar-refractivity contribution is 7.92. The Morgan fingerprint density at radius 3 is 2.55 bits per heavy atom. The van der Waals surface area contributed by atoms with Gasteiger partial charge in [-0.2, -0.15) is 0 Å². The number of carbonyl (C=O) groups is 2. The second kappa shape index (κ2) is 17.0. The van der Waals surface area contributed by atoms with Gasteiger partial charge in [-0.05, 0) is 30.0 Å². The van der Waals surface area contributed by atoms with Gasteiger partial charge in [-0.25, -0.2) is 13.4 Å². The van der Waals surface area contributed by atoms with Crippen molar-refractivity contribution in [3.8, 4) is 23.8 Å². The summed E-state index contributed by atoms with van der Waals surface area (Å²) >= 11 is 0. The van der Waals surface area contributed by atoms with Gasteiger partial charge in [-0.15, -0.1) is 12.3 Å². The average molecular weight is 631 g/mol. The van der Waals surface area contributed by atoms with E-state index in [2.05, 4.69) is 22.0 Å². The molecule has 240 valence electrons. The van der Waals surface area contributed by atoms with Gasteiger partial charge in [0.25, 0.3) is 5.91 Å². The van der Waals surface area contributed by atoms with Gasteiger partial charge < -0.3 is 24.6 Å². The number of amides is 2. The monoisotopic (exact) mass is 630 g/mol. The molecule has 2 aromatic carbocycles. The molecule has 1 unspecified atom stereocenters. The van der Waals surface area contributed by atoms with E-state index in [1.54, 1.807) is 27.0 Å². The molecule has 0 spiro atoms. The summed E-state index contributed by atoms with van der Waals surface area (Å²) in [5.41, 5.74) is 3.43. The first-order valence-corrected chi connectivity index (χ1v) is 16.0. The van der Waals surface area contributed by atoms with Crippen molar-refractivity contribution in [3.05, 3.63) is 54.1 Å². The Morgan fingerprint density at radius 1 is 1.14 bits per heavy atom. The second-order valence-electron chi connectivity index (χ2n) is 10.6. The molecule has 0 bridgehead atoms. The van der Waals surface area contributed by atoms with Crippen molar-refractivity contribution in [1.82, 2.24) is 21.1 Å². The molecule has 0 radical (unpaired) electrons. The lowest BCUT2D eigenvalue weighted by Crippen LogP contribution is -2.60. The number of carbonyl (C=O) groups excluding carboxylic acids is 2. The Hall–Kier alpha value is -3.67. The van der Waals surface area contributed by atoms with Crippen molar-refractivity contribution in [2.75, 3.05) is 40.1 Å². The van der Waals surface area contributed by atoms with Crippen molar-refractivity contribution < 1.29 is 37.3 Å². The summed E-state index contributed by atoms with van der Waals surface area (Å²) in [4.78, 5) is 26.3. The van der Waals surface area contributed by atoms with Crippen molar-refractivity contribution in [1.29, 1.82) is 0 Å². The number of nitrogens with one attached hydrogen (secondary N) is 3. The molecule has 0 aliphatic carbocycles. The number of aliphatic hydroxyl groups excluding tert-OH is 1. The number of aliphatic hydroxyl groups is 1. The predicted octanol–water partition coefficient (Wildman–Crippen LogP) is 1.24. The maximum atomic E-state index is 13.7. The quantitative estimate of drug-likeness (QED) is 0.114. The molecule has 2 aromatic rings. The van der Waals surface area contributed by atoms with Crippen LogP contribution in [-0.4, -0.2) is 88.0 Å². The van der Waals surface area contributed by atoms with Crippen LogP contribution in [0.4, 0.5) is 0 Å². The fourth-order valence-corrected chi connectivity index (χ4v) is 6.57. The summed E-state index contributed by atoms with van der Waals surface area (Å²) in [6, 6.07) is 12.6. The molecule has 4 N–H and O–H groups in total. The van der Waals surface area contributed by atoms with E-state index < -0.39 is 45.1 Å². The fraction of sp³-hybridized carbons (Fsp3) is 0.484. The van der Waals surface area contributed by atoms with Crippen molar-refractivity contribution >= 4 is 21.7 Å². The number of hydrogen-bond donors (Lipinski definition) is 4. The molecule has 12 nitrogen and oxygen atoms in total. The van der Waals surface area contributed by atoms with Gasteiger partial charge in [0.05, 0.1) is 30.2 Å². The van der Waals surface area contributed by atoms with E-state index in [-0.39, 0.29) is 44.0 Å². The smallest absolute Gasteiger partial charge is 0.252 e. The minimum absolute atomic E-state index is 0.00993. The maximum Gasteiger partial charge on any atom is 0.252 e. The van der Waals surface area contributed by atoms with Crippen LogP contribution in [0.3, 0.4) is 0 Å². The lowest BCUT2D eigenvalue weighted by atomic mass is 9.99. The van der Waals surface area contributed by atoms with Crippen molar-refractivity contribution in [2.45, 2.75) is 55.5 Å². The number of ether oxygens (including phenoxy) is 3. The third-order valence-electron chi connectivity index (χ3n) is 6.97. The molecule has 2 amide bonds. The van der Waals surface area contributed by atoms with Crippen molar-refractivity contribution in [3.63, 3.8) is 0 Å². The van der Waals surface area contributed by atoms with E-state index in [0.29, 0.717) is 24.7 Å². The maximum absolute atomic E-state index is 13.7. The third-order valence-corrected chi connectivity index (χ3v) is 9.26. The van der Waals surface area contributed by atoms with Crippen LogP contribution in [0.2, 0.25) is 0 Å². The van der Waals surface area contributed by atoms with Crippen LogP contribution in [0, 0.1) is 18.3 Å². The minimum Gasteiger partial charge on any atom is -0.454 e. The fourth-order valence-electron chi connectivity index (χ4n) is 4.71. The molecule has 1 aliphatic rings. The van der Waals surface area contributed by atoms with Gasteiger partial charge in [0.15, 0.2) is 21.3 Å². The number of hydrazine groups is 1. The molecule has 3 atom stereocenters. The molecule has 0 saturated heterocycles. The van der Waals surface area contributed by atoms with E-state index in [1.165, 1.54) is 12.1 Å². The zero-order chi connectivity index (χ0) is 32.1. The lowest BCUT2D eigenvalue weighted by molar-refractivity contribution is -0.147. The topological polar surface area (TPSA) is 156 Å². The first kappa shape index (κ1) is 34.8. The van der Waals surface area contributed by atoms with Crippen LogP contribution in [0.25, 0.3) is 0 Å². The zero-order valence-electron chi connectivity index (χ0n) is 25.3. The molecule has 13 heteroatoms. The molecule has 3 rings (SSSR count). The summed E-state index contributed by atoms with van der Waals surface area (Å²) in [5, 5.41) is 17.5. The van der Waals surface area contributed by atoms with Crippen LogP contribution in [0.1, 0.15) is 32.3 Å². The Kier molecular flexibility index (Phi) is 13.4. The number of benzene rings is 2. The minimum atomic E-state index is -3.93. The molecule has 0 aromatic heterocycles. The molecule has 1 heterocycles.